The zero-order valence-electron chi connectivity index (χ0n) is 9.56. The number of hydrogen-bond donors (Lipinski definition) is 2. The zero-order valence-corrected chi connectivity index (χ0v) is 11.1. The molecule has 0 aliphatic heterocycles. The number of benzene rings is 1. The fourth-order valence-corrected chi connectivity index (χ4v) is 2.56. The summed E-state index contributed by atoms with van der Waals surface area (Å²) in [7, 11) is -3.89. The van der Waals surface area contributed by atoms with Crippen molar-refractivity contribution in [1.82, 2.24) is 0 Å². The van der Waals surface area contributed by atoms with Crippen LogP contribution in [0.3, 0.4) is 0 Å². The fraction of sp³-hybridized carbons (Fsp3) is 0.0909. The minimum atomic E-state index is -3.89. The molecule has 0 radical (unpaired) electrons. The Kier molecular flexibility index (Phi) is 3.79. The van der Waals surface area contributed by atoms with Crippen LogP contribution in [0.25, 0.3) is 0 Å². The number of hydrogen-bond acceptors (Lipinski definition) is 4. The smallest absolute Gasteiger partial charge is 0.295 e. The van der Waals surface area contributed by atoms with Gasteiger partial charge in [-0.1, -0.05) is 11.6 Å². The standard InChI is InChI=1S/C11H10ClFN2O3S/c12-9-5-7(1-3-10(9)13)15-19(16,17)11-4-2-8(6-14)18-11/h1-5,15H,6,14H2. The second kappa shape index (κ2) is 5.20. The van der Waals surface area contributed by atoms with Gasteiger partial charge in [-0.15, -0.1) is 0 Å². The van der Waals surface area contributed by atoms with Gasteiger partial charge >= 0.3 is 0 Å². The summed E-state index contributed by atoms with van der Waals surface area (Å²) in [5.41, 5.74) is 5.46. The van der Waals surface area contributed by atoms with E-state index < -0.39 is 15.8 Å². The Balaban J connectivity index is 2.28. The first kappa shape index (κ1) is 13.9. The van der Waals surface area contributed by atoms with Gasteiger partial charge in [0.05, 0.1) is 17.3 Å². The van der Waals surface area contributed by atoms with E-state index in [1.807, 2.05) is 0 Å². The van der Waals surface area contributed by atoms with Crippen LogP contribution in [0.1, 0.15) is 5.76 Å². The second-order valence-corrected chi connectivity index (χ2v) is 5.68. The fourth-order valence-electron chi connectivity index (χ4n) is 1.38. The summed E-state index contributed by atoms with van der Waals surface area (Å²) in [6, 6.07) is 6.24. The minimum absolute atomic E-state index is 0.0951. The van der Waals surface area contributed by atoms with Crippen LogP contribution >= 0.6 is 11.6 Å². The molecule has 102 valence electrons. The highest BCUT2D eigenvalue weighted by Crippen LogP contribution is 2.22. The van der Waals surface area contributed by atoms with Crippen LogP contribution in [0, 0.1) is 5.82 Å². The van der Waals surface area contributed by atoms with Crippen LogP contribution in [0.2, 0.25) is 5.02 Å². The van der Waals surface area contributed by atoms with Gasteiger partial charge in [0.1, 0.15) is 11.6 Å². The molecule has 0 unspecified atom stereocenters. The van der Waals surface area contributed by atoms with Gasteiger partial charge in [0.25, 0.3) is 10.0 Å². The first-order valence-corrected chi connectivity index (χ1v) is 7.05. The Morgan fingerprint density at radius 1 is 1.32 bits per heavy atom. The van der Waals surface area contributed by atoms with E-state index >= 15 is 0 Å². The lowest BCUT2D eigenvalue weighted by molar-refractivity contribution is 0.417. The van der Waals surface area contributed by atoms with Gasteiger partial charge < -0.3 is 10.2 Å². The van der Waals surface area contributed by atoms with Crippen molar-refractivity contribution in [2.24, 2.45) is 5.73 Å². The summed E-state index contributed by atoms with van der Waals surface area (Å²) in [5, 5.41) is -0.448. The number of anilines is 1. The Morgan fingerprint density at radius 3 is 2.63 bits per heavy atom. The number of halogens is 2. The summed E-state index contributed by atoms with van der Waals surface area (Å²) in [4.78, 5) is 0. The first-order chi connectivity index (χ1) is 8.92. The molecule has 1 aromatic heterocycles. The lowest BCUT2D eigenvalue weighted by atomic mass is 10.3. The van der Waals surface area contributed by atoms with E-state index in [1.165, 1.54) is 24.3 Å². The molecule has 5 nitrogen and oxygen atoms in total. The molecule has 2 rings (SSSR count). The molecule has 0 atom stereocenters. The van der Waals surface area contributed by atoms with Crippen LogP contribution in [-0.4, -0.2) is 8.42 Å². The van der Waals surface area contributed by atoms with Gasteiger partial charge in [-0.3, -0.25) is 4.72 Å². The molecule has 2 aromatic rings. The predicted octanol–water partition coefficient (Wildman–Crippen LogP) is 2.33. The van der Waals surface area contributed by atoms with E-state index in [9.17, 15) is 12.8 Å². The molecule has 0 amide bonds. The van der Waals surface area contributed by atoms with Gasteiger partial charge in [0.15, 0.2) is 0 Å². The molecular weight excluding hydrogens is 295 g/mol. The Morgan fingerprint density at radius 2 is 2.05 bits per heavy atom. The monoisotopic (exact) mass is 304 g/mol. The third kappa shape index (κ3) is 3.06. The van der Waals surface area contributed by atoms with Crippen molar-refractivity contribution in [2.75, 3.05) is 4.72 Å². The third-order valence-corrected chi connectivity index (χ3v) is 3.82. The summed E-state index contributed by atoms with van der Waals surface area (Å²) < 4.78 is 44.1. The summed E-state index contributed by atoms with van der Waals surface area (Å²) in [6.45, 7) is 0.0951. The van der Waals surface area contributed by atoms with Crippen molar-refractivity contribution >= 4 is 27.3 Å². The van der Waals surface area contributed by atoms with E-state index in [0.717, 1.165) is 6.07 Å². The number of sulfonamides is 1. The van der Waals surface area contributed by atoms with Crippen molar-refractivity contribution in [3.8, 4) is 0 Å². The van der Waals surface area contributed by atoms with Crippen LogP contribution in [0.4, 0.5) is 10.1 Å². The van der Waals surface area contributed by atoms with Gasteiger partial charge in [-0.2, -0.15) is 8.42 Å². The van der Waals surface area contributed by atoms with Gasteiger partial charge in [-0.25, -0.2) is 4.39 Å². The third-order valence-electron chi connectivity index (χ3n) is 2.27. The average Bonchev–Trinajstić information content (AvgIpc) is 2.83. The SMILES string of the molecule is NCc1ccc(S(=O)(=O)Nc2ccc(F)c(Cl)c2)o1. The number of rotatable bonds is 4. The average molecular weight is 305 g/mol. The molecule has 8 heteroatoms. The highest BCUT2D eigenvalue weighted by Gasteiger charge is 2.19. The van der Waals surface area contributed by atoms with E-state index in [1.54, 1.807) is 0 Å². The maximum absolute atomic E-state index is 13.0. The van der Waals surface area contributed by atoms with Gasteiger partial charge in [0.2, 0.25) is 5.09 Å². The first-order valence-electron chi connectivity index (χ1n) is 5.19. The summed E-state index contributed by atoms with van der Waals surface area (Å²) in [6.07, 6.45) is 0. The number of nitrogens with two attached hydrogens (primary N) is 1. The lowest BCUT2D eigenvalue weighted by Gasteiger charge is -2.06. The number of furan rings is 1. The van der Waals surface area contributed by atoms with Crippen molar-refractivity contribution in [3.63, 3.8) is 0 Å². The predicted molar refractivity (Wildman–Crippen MR) is 68.8 cm³/mol. The van der Waals surface area contributed by atoms with Crippen molar-refractivity contribution in [3.05, 3.63) is 46.9 Å². The highest BCUT2D eigenvalue weighted by atomic mass is 35.5. The van der Waals surface area contributed by atoms with Crippen molar-refractivity contribution < 1.29 is 17.2 Å². The molecule has 3 N–H and O–H groups in total. The Bertz CT molecular complexity index is 700. The van der Waals surface area contributed by atoms with Crippen LogP contribution < -0.4 is 10.5 Å². The van der Waals surface area contributed by atoms with Gasteiger partial charge in [0, 0.05) is 0 Å². The van der Waals surface area contributed by atoms with E-state index in [0.29, 0.717) is 5.76 Å². The Labute approximate surface area is 114 Å². The molecule has 0 spiro atoms. The number of nitrogens with one attached hydrogen (secondary N) is 1. The van der Waals surface area contributed by atoms with Crippen molar-refractivity contribution in [1.29, 1.82) is 0 Å². The van der Waals surface area contributed by atoms with E-state index in [2.05, 4.69) is 4.72 Å². The molecule has 0 saturated carbocycles. The molecule has 1 heterocycles. The normalized spacial score (nSPS) is 11.5. The molecule has 0 aliphatic rings. The largest absolute Gasteiger partial charge is 0.446 e. The molecule has 0 aliphatic carbocycles. The van der Waals surface area contributed by atoms with Crippen molar-refractivity contribution in [2.45, 2.75) is 11.6 Å². The van der Waals surface area contributed by atoms with Crippen LogP contribution in [0.15, 0.2) is 39.8 Å². The van der Waals surface area contributed by atoms with Crippen LogP contribution in [0.5, 0.6) is 0 Å². The quantitative estimate of drug-likeness (QED) is 0.908. The lowest BCUT2D eigenvalue weighted by Crippen LogP contribution is -2.12. The molecular formula is C11H10ClFN2O3S. The molecule has 0 saturated heterocycles. The zero-order chi connectivity index (χ0) is 14.0. The highest BCUT2D eigenvalue weighted by molar-refractivity contribution is 7.92. The second-order valence-electron chi connectivity index (χ2n) is 3.66. The topological polar surface area (TPSA) is 85.3 Å². The summed E-state index contributed by atoms with van der Waals surface area (Å²) in [5.74, 6) is -0.287. The van der Waals surface area contributed by atoms with Gasteiger partial charge in [-0.05, 0) is 30.3 Å². The van der Waals surface area contributed by atoms with E-state index in [4.69, 9.17) is 21.8 Å². The Hall–Kier alpha value is -1.57. The molecule has 0 fully saturated rings. The molecule has 19 heavy (non-hydrogen) atoms. The minimum Gasteiger partial charge on any atom is -0.446 e. The maximum Gasteiger partial charge on any atom is 0.295 e. The van der Waals surface area contributed by atoms with E-state index in [-0.39, 0.29) is 22.3 Å². The summed E-state index contributed by atoms with van der Waals surface area (Å²) >= 11 is 5.57. The molecule has 0 bridgehead atoms. The maximum atomic E-state index is 13.0. The van der Waals surface area contributed by atoms with Crippen LogP contribution in [-0.2, 0) is 16.6 Å². The molecule has 1 aromatic carbocycles.